The Kier molecular flexibility index (Phi) is 8.48. The second-order valence-electron chi connectivity index (χ2n) is 4.08. The van der Waals surface area contributed by atoms with Crippen molar-refractivity contribution in [2.75, 3.05) is 0 Å². The topological polar surface area (TPSA) is 0 Å². The van der Waals surface area contributed by atoms with Gasteiger partial charge in [0.2, 0.25) is 0 Å². The fraction of sp³-hybridized carbons (Fsp3) is 0.500. The van der Waals surface area contributed by atoms with E-state index in [1.807, 2.05) is 30.3 Å². The van der Waals surface area contributed by atoms with Gasteiger partial charge >= 0.3 is 0 Å². The van der Waals surface area contributed by atoms with Crippen LogP contribution < -0.4 is 5.30 Å². The molecule has 0 N–H and O–H groups in total. The summed E-state index contributed by atoms with van der Waals surface area (Å²) >= 11 is 35.3. The van der Waals surface area contributed by atoms with Crippen LogP contribution in [-0.4, -0.2) is 32.3 Å². The molecule has 1 saturated carbocycles. The molecule has 0 radical (unpaired) electrons. The molecule has 0 nitrogen and oxygen atoms in total. The minimum Gasteiger partial charge on any atom is -0.120 e. The van der Waals surface area contributed by atoms with E-state index in [2.05, 4.69) is 9.24 Å². The van der Waals surface area contributed by atoms with E-state index in [-0.39, 0.29) is 0 Å². The fourth-order valence-corrected chi connectivity index (χ4v) is 4.06. The van der Waals surface area contributed by atoms with Crippen LogP contribution in [0.5, 0.6) is 0 Å². The number of halogens is 6. The first-order chi connectivity index (χ1) is 8.86. The van der Waals surface area contributed by atoms with Crippen molar-refractivity contribution in [3.63, 3.8) is 0 Å². The van der Waals surface area contributed by atoms with E-state index in [4.69, 9.17) is 69.6 Å². The predicted octanol–water partition coefficient (Wildman–Crippen LogP) is 4.83. The molecule has 1 atom stereocenters. The third kappa shape index (κ3) is 5.26. The molecule has 2 rings (SSSR count). The van der Waals surface area contributed by atoms with Crippen LogP contribution in [0.3, 0.4) is 0 Å². The smallest absolute Gasteiger partial charge is 0.0693 e. The first-order valence-electron chi connectivity index (χ1n) is 5.51. The van der Waals surface area contributed by atoms with Gasteiger partial charge in [-0.1, -0.05) is 30.3 Å². The Hall–Kier alpha value is 1.39. The Morgan fingerprint density at radius 2 is 0.842 bits per heavy atom. The van der Waals surface area contributed by atoms with E-state index in [9.17, 15) is 0 Å². The average molecular weight is 401 g/mol. The number of hydrogen-bond donors (Lipinski definition) is 0. The molecule has 1 aliphatic rings. The Morgan fingerprint density at radius 1 is 0.579 bits per heavy atom. The zero-order chi connectivity index (χ0) is 14.6. The van der Waals surface area contributed by atoms with Crippen molar-refractivity contribution in [1.29, 1.82) is 0 Å². The van der Waals surface area contributed by atoms with Gasteiger partial charge in [-0.2, -0.15) is 0 Å². The van der Waals surface area contributed by atoms with Crippen molar-refractivity contribution in [3.8, 4) is 0 Å². The van der Waals surface area contributed by atoms with Crippen molar-refractivity contribution < 1.29 is 0 Å². The van der Waals surface area contributed by atoms with Gasteiger partial charge in [0.1, 0.15) is 0 Å². The average Bonchev–Trinajstić information content (AvgIpc) is 2.42. The first kappa shape index (κ1) is 18.4. The van der Waals surface area contributed by atoms with Crippen LogP contribution in [0, 0.1) is 0 Å². The van der Waals surface area contributed by atoms with Crippen molar-refractivity contribution >= 4 is 84.1 Å². The summed E-state index contributed by atoms with van der Waals surface area (Å²) < 4.78 is 0. The number of alkyl halides is 6. The monoisotopic (exact) mass is 398 g/mol. The van der Waals surface area contributed by atoms with E-state index in [1.165, 1.54) is 5.30 Å². The lowest BCUT2D eigenvalue weighted by molar-refractivity contribution is 0.544. The second kappa shape index (κ2) is 8.74. The molecule has 19 heavy (non-hydrogen) atoms. The van der Waals surface area contributed by atoms with Gasteiger partial charge in [-0.05, 0) is 5.30 Å². The minimum absolute atomic E-state index is 0.437. The molecule has 1 fully saturated rings. The molecule has 0 saturated heterocycles. The highest BCUT2D eigenvalue weighted by molar-refractivity contribution is 7.27. The molecule has 1 aromatic rings. The van der Waals surface area contributed by atoms with Crippen molar-refractivity contribution in [1.82, 2.24) is 0 Å². The molecule has 0 amide bonds. The normalized spacial score (nSPS) is 38.3. The van der Waals surface area contributed by atoms with Gasteiger partial charge in [-0.3, -0.25) is 0 Å². The SMILES string of the molecule is Cl[C@H]1[C@H](Cl)[C@@H](Cl)[C@@H](Cl)[C@H](Cl)[C@H]1Cl.Pc1ccccc1. The van der Waals surface area contributed by atoms with Crippen molar-refractivity contribution in [2.45, 2.75) is 32.3 Å². The predicted molar refractivity (Wildman–Crippen MR) is 93.6 cm³/mol. The molecule has 0 heterocycles. The third-order valence-corrected chi connectivity index (χ3v) is 7.04. The van der Waals surface area contributed by atoms with E-state index in [0.29, 0.717) is 0 Å². The van der Waals surface area contributed by atoms with Gasteiger partial charge in [0.05, 0.1) is 32.3 Å². The highest BCUT2D eigenvalue weighted by Crippen LogP contribution is 2.39. The van der Waals surface area contributed by atoms with Gasteiger partial charge in [-0.25, -0.2) is 0 Å². The summed E-state index contributed by atoms with van der Waals surface area (Å²) in [5.41, 5.74) is 0. The van der Waals surface area contributed by atoms with Gasteiger partial charge in [0.15, 0.2) is 0 Å². The maximum atomic E-state index is 5.88. The zero-order valence-electron chi connectivity index (χ0n) is 9.70. The maximum Gasteiger partial charge on any atom is 0.0693 e. The largest absolute Gasteiger partial charge is 0.120 e. The van der Waals surface area contributed by atoms with Crippen LogP contribution in [0.4, 0.5) is 0 Å². The standard InChI is InChI=1S/C6H6Cl6.C6H7P/c7-1-2(8)4(10)6(12)5(11)3(1)9;7-6-4-2-1-3-5-6/h1-6H;1-5H,7H2/t1-,2-,3-,4+,5+,6+;. The zero-order valence-corrected chi connectivity index (χ0v) is 15.4. The third-order valence-electron chi connectivity index (χ3n) is 2.62. The maximum absolute atomic E-state index is 5.88. The Bertz CT molecular complexity index is 317. The second-order valence-corrected chi connectivity index (χ2v) is 7.77. The molecule has 108 valence electrons. The van der Waals surface area contributed by atoms with Crippen LogP contribution in [0.2, 0.25) is 0 Å². The molecule has 1 aliphatic carbocycles. The first-order valence-corrected chi connectivity index (χ1v) is 8.70. The van der Waals surface area contributed by atoms with E-state index in [1.54, 1.807) is 0 Å². The molecule has 0 spiro atoms. The van der Waals surface area contributed by atoms with Crippen molar-refractivity contribution in [2.24, 2.45) is 0 Å². The summed E-state index contributed by atoms with van der Waals surface area (Å²) in [6.07, 6.45) is 0. The van der Waals surface area contributed by atoms with E-state index >= 15 is 0 Å². The lowest BCUT2D eigenvalue weighted by Crippen LogP contribution is -2.52. The summed E-state index contributed by atoms with van der Waals surface area (Å²) in [7, 11) is 2.63. The molecule has 0 bridgehead atoms. The summed E-state index contributed by atoms with van der Waals surface area (Å²) in [5.74, 6) is 0. The summed E-state index contributed by atoms with van der Waals surface area (Å²) in [4.78, 5) is 0. The molecule has 1 aromatic carbocycles. The summed E-state index contributed by atoms with van der Waals surface area (Å²) in [6, 6.07) is 10.1. The van der Waals surface area contributed by atoms with Crippen LogP contribution in [-0.2, 0) is 0 Å². The quantitative estimate of drug-likeness (QED) is 0.432. The Balaban J connectivity index is 0.000000218. The van der Waals surface area contributed by atoms with Gasteiger partial charge in [0.25, 0.3) is 0 Å². The molecule has 7 heteroatoms. The highest BCUT2D eigenvalue weighted by Gasteiger charge is 2.46. The fourth-order valence-electron chi connectivity index (χ4n) is 1.51. The minimum atomic E-state index is -0.437. The van der Waals surface area contributed by atoms with Crippen LogP contribution in [0.25, 0.3) is 0 Å². The molecule has 1 unspecified atom stereocenters. The molecular formula is C12H13Cl6P. The molecule has 0 aliphatic heterocycles. The highest BCUT2D eigenvalue weighted by atomic mass is 35.5. The van der Waals surface area contributed by atoms with E-state index in [0.717, 1.165) is 0 Å². The van der Waals surface area contributed by atoms with Crippen LogP contribution in [0.15, 0.2) is 30.3 Å². The van der Waals surface area contributed by atoms with Crippen molar-refractivity contribution in [3.05, 3.63) is 30.3 Å². The van der Waals surface area contributed by atoms with Gasteiger partial charge in [0, 0.05) is 0 Å². The van der Waals surface area contributed by atoms with Gasteiger partial charge < -0.3 is 0 Å². The van der Waals surface area contributed by atoms with Crippen LogP contribution in [0.1, 0.15) is 0 Å². The number of benzene rings is 1. The Labute approximate surface area is 146 Å². The lowest BCUT2D eigenvalue weighted by Gasteiger charge is -2.37. The van der Waals surface area contributed by atoms with Crippen LogP contribution >= 0.6 is 78.8 Å². The number of hydrogen-bond acceptors (Lipinski definition) is 0. The molecule has 0 aromatic heterocycles. The summed E-state index contributed by atoms with van der Waals surface area (Å²) in [6.45, 7) is 0. The Morgan fingerprint density at radius 3 is 1.00 bits per heavy atom. The molecular weight excluding hydrogens is 388 g/mol. The summed E-state index contributed by atoms with van der Waals surface area (Å²) in [5, 5.41) is -1.38. The lowest BCUT2D eigenvalue weighted by atomic mass is 9.97. The van der Waals surface area contributed by atoms with E-state index < -0.39 is 32.3 Å². The van der Waals surface area contributed by atoms with Gasteiger partial charge in [-0.15, -0.1) is 78.8 Å². The number of rotatable bonds is 0.